The van der Waals surface area contributed by atoms with E-state index >= 15 is 0 Å². The van der Waals surface area contributed by atoms with Gasteiger partial charge in [0, 0.05) is 19.5 Å². The molecule has 0 spiro atoms. The van der Waals surface area contributed by atoms with Crippen LogP contribution in [0.1, 0.15) is 24.8 Å². The molecule has 2 aromatic rings. The number of aromatic nitrogens is 2. The molecule has 1 aromatic carbocycles. The Hall–Kier alpha value is -2.87. The maximum Gasteiger partial charge on any atom is 0.218 e. The van der Waals surface area contributed by atoms with Gasteiger partial charge in [0.05, 0.1) is 19.4 Å². The summed E-state index contributed by atoms with van der Waals surface area (Å²) < 4.78 is 11.1. The number of benzene rings is 1. The summed E-state index contributed by atoms with van der Waals surface area (Å²) in [6.07, 6.45) is 5.71. The highest BCUT2D eigenvalue weighted by Crippen LogP contribution is 2.27. The van der Waals surface area contributed by atoms with Crippen LogP contribution in [0.3, 0.4) is 0 Å². The Morgan fingerprint density at radius 2 is 2.15 bits per heavy atom. The largest absolute Gasteiger partial charge is 0.495 e. The predicted molar refractivity (Wildman–Crippen MR) is 106 cm³/mol. The number of rotatable bonds is 8. The van der Waals surface area contributed by atoms with E-state index in [-0.39, 0.29) is 0 Å². The molecule has 0 bridgehead atoms. The Kier molecular flexibility index (Phi) is 6.43. The van der Waals surface area contributed by atoms with E-state index in [1.54, 1.807) is 13.2 Å². The summed E-state index contributed by atoms with van der Waals surface area (Å²) in [5.74, 6) is 8.68. The molecule has 4 N–H and O–H groups in total. The molecule has 0 saturated heterocycles. The number of nitrogens with one attached hydrogen (secondary N) is 2. The predicted octanol–water partition coefficient (Wildman–Crippen LogP) is 2.44. The van der Waals surface area contributed by atoms with E-state index < -0.39 is 0 Å². The molecule has 8 heteroatoms. The smallest absolute Gasteiger partial charge is 0.218 e. The van der Waals surface area contributed by atoms with Gasteiger partial charge >= 0.3 is 0 Å². The third-order valence-corrected chi connectivity index (χ3v) is 4.64. The number of nitrogens with zero attached hydrogens (tertiary/aromatic N) is 3. The lowest BCUT2D eigenvalue weighted by atomic mass is 9.86. The molecule has 0 aliphatic heterocycles. The number of ether oxygens (including phenoxy) is 2. The minimum atomic E-state index is 0.500. The van der Waals surface area contributed by atoms with Crippen molar-refractivity contribution in [1.29, 1.82) is 0 Å². The van der Waals surface area contributed by atoms with Gasteiger partial charge < -0.3 is 20.2 Å². The van der Waals surface area contributed by atoms with Crippen molar-refractivity contribution >= 4 is 17.3 Å². The molecular weight excluding hydrogens is 344 g/mol. The molecule has 27 heavy (non-hydrogen) atoms. The minimum absolute atomic E-state index is 0.500. The van der Waals surface area contributed by atoms with Crippen molar-refractivity contribution in [3.05, 3.63) is 36.2 Å². The zero-order valence-corrected chi connectivity index (χ0v) is 15.7. The maximum absolute atomic E-state index is 5.74. The standard InChI is InChI=1S/C19H26N6O2/c1-21-15-7-6-14(8-16(15)26-2)9-18(25-20)24-17-10-19(23-12-22-17)27-11-13-4-3-5-13/h6-8,10,12-13,21H,3-5,9,11,20H2,1-2H3,(H,22,23,24,25). The van der Waals surface area contributed by atoms with Crippen LogP contribution in [0.15, 0.2) is 35.6 Å². The molecule has 0 unspecified atom stereocenters. The van der Waals surface area contributed by atoms with Gasteiger partial charge in [-0.3, -0.25) is 0 Å². The monoisotopic (exact) mass is 370 g/mol. The van der Waals surface area contributed by atoms with Crippen molar-refractivity contribution in [3.63, 3.8) is 0 Å². The fourth-order valence-electron chi connectivity index (χ4n) is 2.84. The van der Waals surface area contributed by atoms with Crippen LogP contribution < -0.4 is 26.1 Å². The zero-order valence-electron chi connectivity index (χ0n) is 15.7. The van der Waals surface area contributed by atoms with Crippen LogP contribution in [0.5, 0.6) is 11.6 Å². The van der Waals surface area contributed by atoms with Gasteiger partial charge in [0.2, 0.25) is 5.88 Å². The average molecular weight is 370 g/mol. The van der Waals surface area contributed by atoms with Crippen LogP contribution >= 0.6 is 0 Å². The molecule has 3 rings (SSSR count). The molecule has 1 aliphatic rings. The van der Waals surface area contributed by atoms with E-state index in [9.17, 15) is 0 Å². The molecular formula is C19H26N6O2. The molecule has 8 nitrogen and oxygen atoms in total. The summed E-state index contributed by atoms with van der Waals surface area (Å²) in [5.41, 5.74) is 4.58. The molecule has 1 aromatic heterocycles. The second kappa shape index (κ2) is 9.18. The highest BCUT2D eigenvalue weighted by molar-refractivity contribution is 5.86. The van der Waals surface area contributed by atoms with Gasteiger partial charge in [-0.05, 0) is 36.5 Å². The van der Waals surface area contributed by atoms with E-state index in [0.717, 1.165) is 17.0 Å². The summed E-state index contributed by atoms with van der Waals surface area (Å²) in [6, 6.07) is 7.63. The van der Waals surface area contributed by atoms with Crippen LogP contribution in [0, 0.1) is 5.92 Å². The van der Waals surface area contributed by atoms with Crippen LogP contribution in [-0.4, -0.2) is 36.6 Å². The summed E-state index contributed by atoms with van der Waals surface area (Å²) in [4.78, 5) is 12.8. The molecule has 1 saturated carbocycles. The lowest BCUT2D eigenvalue weighted by Gasteiger charge is -2.24. The van der Waals surface area contributed by atoms with Gasteiger partial charge in [-0.15, -0.1) is 0 Å². The van der Waals surface area contributed by atoms with Gasteiger partial charge in [0.15, 0.2) is 5.82 Å². The summed E-state index contributed by atoms with van der Waals surface area (Å²) in [6.45, 7) is 0.694. The lowest BCUT2D eigenvalue weighted by molar-refractivity contribution is 0.175. The fraction of sp³-hybridized carbons (Fsp3) is 0.421. The Labute approximate surface area is 159 Å². The summed E-state index contributed by atoms with van der Waals surface area (Å²) in [5, 5.41) is 3.09. The van der Waals surface area contributed by atoms with Crippen LogP contribution in [-0.2, 0) is 6.42 Å². The topological polar surface area (TPSA) is 107 Å². The Bertz CT molecular complexity index is 792. The van der Waals surface area contributed by atoms with Crippen LogP contribution in [0.2, 0.25) is 0 Å². The van der Waals surface area contributed by atoms with Crippen molar-refractivity contribution in [2.45, 2.75) is 25.7 Å². The van der Waals surface area contributed by atoms with Crippen molar-refractivity contribution in [2.24, 2.45) is 16.8 Å². The first-order valence-corrected chi connectivity index (χ1v) is 9.05. The number of hydrogen-bond donors (Lipinski definition) is 3. The van der Waals surface area contributed by atoms with Crippen LogP contribution in [0.25, 0.3) is 0 Å². The molecule has 144 valence electrons. The normalized spacial score (nSPS) is 14.4. The molecule has 0 atom stereocenters. The van der Waals surface area contributed by atoms with E-state index in [2.05, 4.69) is 25.7 Å². The number of amidine groups is 1. The Morgan fingerprint density at radius 3 is 2.81 bits per heavy atom. The third kappa shape index (κ3) is 5.07. The average Bonchev–Trinajstić information content (AvgIpc) is 2.66. The van der Waals surface area contributed by atoms with E-state index in [1.807, 2.05) is 25.2 Å². The van der Waals surface area contributed by atoms with E-state index in [0.29, 0.717) is 36.5 Å². The zero-order chi connectivity index (χ0) is 19.1. The number of hydrogen-bond acceptors (Lipinski definition) is 7. The van der Waals surface area contributed by atoms with E-state index in [1.165, 1.54) is 25.6 Å². The second-order valence-electron chi connectivity index (χ2n) is 6.49. The third-order valence-electron chi connectivity index (χ3n) is 4.64. The second-order valence-corrected chi connectivity index (χ2v) is 6.49. The van der Waals surface area contributed by atoms with Gasteiger partial charge in [0.25, 0.3) is 0 Å². The molecule has 0 amide bonds. The number of anilines is 1. The highest BCUT2D eigenvalue weighted by atomic mass is 16.5. The number of nitrogens with two attached hydrogens (primary N) is 1. The lowest BCUT2D eigenvalue weighted by Crippen LogP contribution is -2.31. The van der Waals surface area contributed by atoms with Gasteiger partial charge in [-0.2, -0.15) is 0 Å². The van der Waals surface area contributed by atoms with Crippen molar-refractivity contribution in [3.8, 4) is 11.6 Å². The molecule has 1 fully saturated rings. The first-order valence-electron chi connectivity index (χ1n) is 9.05. The minimum Gasteiger partial charge on any atom is -0.495 e. The molecule has 1 aliphatic carbocycles. The van der Waals surface area contributed by atoms with E-state index in [4.69, 9.17) is 15.3 Å². The van der Waals surface area contributed by atoms with Crippen molar-refractivity contribution in [1.82, 2.24) is 15.4 Å². The number of hydrazine groups is 1. The fourth-order valence-corrected chi connectivity index (χ4v) is 2.84. The first-order chi connectivity index (χ1) is 13.2. The summed E-state index contributed by atoms with van der Waals surface area (Å²) in [7, 11) is 3.49. The highest BCUT2D eigenvalue weighted by Gasteiger charge is 2.18. The SMILES string of the molecule is CNc1ccc(CC(=Nc2cc(OCC3CCC3)ncn2)NN)cc1OC. The molecule has 1 heterocycles. The first kappa shape index (κ1) is 18.9. The van der Waals surface area contributed by atoms with Gasteiger partial charge in [-0.1, -0.05) is 12.5 Å². The Balaban J connectivity index is 1.70. The number of aliphatic imine (C=N–C) groups is 1. The van der Waals surface area contributed by atoms with Gasteiger partial charge in [0.1, 0.15) is 17.9 Å². The maximum atomic E-state index is 5.74. The van der Waals surface area contributed by atoms with Crippen molar-refractivity contribution < 1.29 is 9.47 Å². The molecule has 0 radical (unpaired) electrons. The van der Waals surface area contributed by atoms with Crippen LogP contribution in [0.4, 0.5) is 11.5 Å². The van der Waals surface area contributed by atoms with Gasteiger partial charge in [-0.25, -0.2) is 20.8 Å². The van der Waals surface area contributed by atoms with Crippen molar-refractivity contribution in [2.75, 3.05) is 26.1 Å². The quantitative estimate of drug-likeness (QED) is 0.283. The summed E-state index contributed by atoms with van der Waals surface area (Å²) >= 11 is 0. The number of methoxy groups -OCH3 is 1. The Morgan fingerprint density at radius 1 is 1.30 bits per heavy atom.